The molecule has 0 radical (unpaired) electrons. The molecule has 3 N–H and O–H groups in total. The minimum absolute atomic E-state index is 0.267. The fraction of sp³-hybridized carbons (Fsp3) is 0.727. The Morgan fingerprint density at radius 3 is 2.28 bits per heavy atom. The zero-order chi connectivity index (χ0) is 13.4. The van der Waals surface area contributed by atoms with Gasteiger partial charge in [-0.05, 0) is 19.8 Å². The summed E-state index contributed by atoms with van der Waals surface area (Å²) in [4.78, 5) is 12.4. The lowest BCUT2D eigenvalue weighted by molar-refractivity contribution is 0.188. The zero-order valence-corrected chi connectivity index (χ0v) is 11.1. The van der Waals surface area contributed by atoms with Gasteiger partial charge in [-0.15, -0.1) is 0 Å². The van der Waals surface area contributed by atoms with Crippen LogP contribution in [-0.4, -0.2) is 46.4 Å². The van der Waals surface area contributed by atoms with Crippen molar-refractivity contribution in [1.29, 1.82) is 0 Å². The van der Waals surface area contributed by atoms with Crippen LogP contribution in [0.5, 0.6) is 6.01 Å². The summed E-state index contributed by atoms with van der Waals surface area (Å²) >= 11 is 0. The predicted octanol–water partition coefficient (Wildman–Crippen LogP) is 0.885. The lowest BCUT2D eigenvalue weighted by Crippen LogP contribution is -2.14. The highest BCUT2D eigenvalue weighted by atomic mass is 16.5. The molecule has 0 aliphatic rings. The van der Waals surface area contributed by atoms with Gasteiger partial charge in [0.2, 0.25) is 11.9 Å². The molecule has 0 aliphatic carbocycles. The molecule has 18 heavy (non-hydrogen) atoms. The molecule has 1 aromatic rings. The number of aromatic nitrogens is 3. The molecule has 0 amide bonds. The van der Waals surface area contributed by atoms with Crippen molar-refractivity contribution in [2.45, 2.75) is 32.8 Å². The lowest BCUT2D eigenvalue weighted by atomic mass is 10.3. The maximum absolute atomic E-state index is 9.17. The number of nitrogens with zero attached hydrogens (tertiary/aromatic N) is 3. The van der Waals surface area contributed by atoms with E-state index < -0.39 is 0 Å². The van der Waals surface area contributed by atoms with Crippen molar-refractivity contribution in [2.75, 3.05) is 30.8 Å². The number of hydrogen-bond donors (Lipinski definition) is 3. The van der Waals surface area contributed by atoms with Crippen molar-refractivity contribution < 1.29 is 9.84 Å². The Morgan fingerprint density at radius 2 is 1.78 bits per heavy atom. The van der Waals surface area contributed by atoms with Crippen LogP contribution in [0, 0.1) is 0 Å². The fourth-order valence-electron chi connectivity index (χ4n) is 1.24. The third kappa shape index (κ3) is 5.13. The van der Waals surface area contributed by atoms with Crippen molar-refractivity contribution in [1.82, 2.24) is 15.0 Å². The van der Waals surface area contributed by atoms with Gasteiger partial charge < -0.3 is 20.5 Å². The molecule has 1 heterocycles. The number of nitrogens with one attached hydrogen (secondary N) is 2. The van der Waals surface area contributed by atoms with Crippen LogP contribution in [0.25, 0.3) is 0 Å². The van der Waals surface area contributed by atoms with E-state index in [1.165, 1.54) is 7.11 Å². The third-order valence-electron chi connectivity index (χ3n) is 2.18. The van der Waals surface area contributed by atoms with Crippen LogP contribution in [-0.2, 0) is 0 Å². The first kappa shape index (κ1) is 14.4. The Labute approximate surface area is 107 Å². The third-order valence-corrected chi connectivity index (χ3v) is 2.18. The molecule has 0 fully saturated rings. The summed E-state index contributed by atoms with van der Waals surface area (Å²) in [6.07, 6.45) is 1.27. The van der Waals surface area contributed by atoms with E-state index in [2.05, 4.69) is 32.5 Å². The van der Waals surface area contributed by atoms with Gasteiger partial charge in [0.05, 0.1) is 13.2 Å². The summed E-state index contributed by atoms with van der Waals surface area (Å²) in [5.74, 6) is 0.935. The van der Waals surface area contributed by atoms with Crippen molar-refractivity contribution in [3.63, 3.8) is 0 Å². The summed E-state index contributed by atoms with van der Waals surface area (Å²) < 4.78 is 5.01. The van der Waals surface area contributed by atoms with Gasteiger partial charge in [-0.3, -0.25) is 0 Å². The summed E-state index contributed by atoms with van der Waals surface area (Å²) in [6, 6.07) is 0.267. The van der Waals surface area contributed by atoms with Crippen LogP contribution >= 0.6 is 0 Å². The van der Waals surface area contributed by atoms with Crippen LogP contribution in [0.2, 0.25) is 0 Å². The first-order chi connectivity index (χ1) is 8.65. The van der Waals surface area contributed by atoms with E-state index in [1.54, 1.807) is 6.92 Å². The number of ether oxygens (including phenoxy) is 1. The summed E-state index contributed by atoms with van der Waals surface area (Å²) in [7, 11) is 1.51. The minimum Gasteiger partial charge on any atom is -0.467 e. The molecular formula is C11H21N5O2. The van der Waals surface area contributed by atoms with Crippen molar-refractivity contribution in [3.05, 3.63) is 0 Å². The van der Waals surface area contributed by atoms with Crippen molar-refractivity contribution in [2.24, 2.45) is 0 Å². The number of hydrogen-bond acceptors (Lipinski definition) is 7. The standard InChI is InChI=1S/C11H21N5O2/c1-4-6-12-9-14-10(13-7-5-8(2)17)16-11(15-9)18-3/h8,17H,4-7H2,1-3H3,(H2,12,13,14,15,16). The normalized spacial score (nSPS) is 12.0. The van der Waals surface area contributed by atoms with E-state index in [1.807, 2.05) is 0 Å². The number of rotatable bonds is 8. The second-order valence-corrected chi connectivity index (χ2v) is 3.96. The van der Waals surface area contributed by atoms with Gasteiger partial charge in [0, 0.05) is 13.1 Å². The second kappa shape index (κ2) is 7.65. The molecule has 0 aromatic carbocycles. The Hall–Kier alpha value is -1.63. The van der Waals surface area contributed by atoms with E-state index in [4.69, 9.17) is 4.74 Å². The fourth-order valence-corrected chi connectivity index (χ4v) is 1.24. The van der Waals surface area contributed by atoms with E-state index in [0.717, 1.165) is 13.0 Å². The monoisotopic (exact) mass is 255 g/mol. The van der Waals surface area contributed by atoms with Crippen LogP contribution in [0.4, 0.5) is 11.9 Å². The average molecular weight is 255 g/mol. The molecule has 1 aromatic heterocycles. The molecule has 0 bridgehead atoms. The molecule has 0 saturated carbocycles. The Morgan fingerprint density at radius 1 is 1.17 bits per heavy atom. The van der Waals surface area contributed by atoms with Gasteiger partial charge in [-0.2, -0.15) is 15.0 Å². The molecule has 0 spiro atoms. The Bertz CT molecular complexity index is 359. The minimum atomic E-state index is -0.348. The molecule has 1 unspecified atom stereocenters. The van der Waals surface area contributed by atoms with Gasteiger partial charge in [-0.1, -0.05) is 6.92 Å². The molecule has 7 nitrogen and oxygen atoms in total. The molecular weight excluding hydrogens is 234 g/mol. The second-order valence-electron chi connectivity index (χ2n) is 3.96. The highest BCUT2D eigenvalue weighted by molar-refractivity contribution is 5.35. The molecule has 102 valence electrons. The summed E-state index contributed by atoms with van der Waals surface area (Å²) in [6.45, 7) is 5.19. The smallest absolute Gasteiger partial charge is 0.322 e. The molecule has 7 heteroatoms. The van der Waals surface area contributed by atoms with Crippen molar-refractivity contribution >= 4 is 11.9 Å². The van der Waals surface area contributed by atoms with E-state index >= 15 is 0 Å². The van der Waals surface area contributed by atoms with Gasteiger partial charge in [0.25, 0.3) is 0 Å². The molecule has 1 rings (SSSR count). The number of aliphatic hydroxyl groups excluding tert-OH is 1. The van der Waals surface area contributed by atoms with Crippen LogP contribution in [0.15, 0.2) is 0 Å². The van der Waals surface area contributed by atoms with Crippen LogP contribution in [0.3, 0.4) is 0 Å². The first-order valence-electron chi connectivity index (χ1n) is 6.11. The molecule has 0 saturated heterocycles. The first-order valence-corrected chi connectivity index (χ1v) is 6.11. The van der Waals surface area contributed by atoms with E-state index in [0.29, 0.717) is 24.9 Å². The number of aliphatic hydroxyl groups is 1. The van der Waals surface area contributed by atoms with Gasteiger partial charge >= 0.3 is 6.01 Å². The highest BCUT2D eigenvalue weighted by Crippen LogP contribution is 2.10. The molecule has 1 atom stereocenters. The van der Waals surface area contributed by atoms with Crippen LogP contribution < -0.4 is 15.4 Å². The van der Waals surface area contributed by atoms with Gasteiger partial charge in [0.15, 0.2) is 0 Å². The lowest BCUT2D eigenvalue weighted by Gasteiger charge is -2.09. The number of anilines is 2. The topological polar surface area (TPSA) is 92.2 Å². The highest BCUT2D eigenvalue weighted by Gasteiger charge is 2.06. The largest absolute Gasteiger partial charge is 0.467 e. The molecule has 0 aliphatic heterocycles. The summed E-state index contributed by atoms with van der Waals surface area (Å²) in [5.41, 5.74) is 0. The SMILES string of the molecule is CCCNc1nc(NCCC(C)O)nc(OC)n1. The number of methoxy groups -OCH3 is 1. The zero-order valence-electron chi connectivity index (χ0n) is 11.1. The quantitative estimate of drug-likeness (QED) is 0.635. The predicted molar refractivity (Wildman–Crippen MR) is 69.9 cm³/mol. The van der Waals surface area contributed by atoms with Crippen molar-refractivity contribution in [3.8, 4) is 6.01 Å². The van der Waals surface area contributed by atoms with Gasteiger partial charge in [0.1, 0.15) is 0 Å². The van der Waals surface area contributed by atoms with Gasteiger partial charge in [-0.25, -0.2) is 0 Å². The van der Waals surface area contributed by atoms with E-state index in [-0.39, 0.29) is 12.1 Å². The van der Waals surface area contributed by atoms with E-state index in [9.17, 15) is 5.11 Å². The Balaban J connectivity index is 2.64. The maximum Gasteiger partial charge on any atom is 0.322 e. The van der Waals surface area contributed by atoms with Crippen LogP contribution in [0.1, 0.15) is 26.7 Å². The maximum atomic E-state index is 9.17. The Kier molecular flexibility index (Phi) is 6.13. The average Bonchev–Trinajstić information content (AvgIpc) is 2.35. The summed E-state index contributed by atoms with van der Waals surface area (Å²) in [5, 5.41) is 15.3.